The number of nitrogens with one attached hydrogen (secondary N) is 1. The predicted molar refractivity (Wildman–Crippen MR) is 84.4 cm³/mol. The minimum absolute atomic E-state index is 0.0142. The van der Waals surface area contributed by atoms with Gasteiger partial charge >= 0.3 is 0 Å². The van der Waals surface area contributed by atoms with Crippen LogP contribution in [0.15, 0.2) is 24.3 Å². The molecule has 1 aromatic carbocycles. The molecular weight excluding hydrogens is 248 g/mol. The second kappa shape index (κ2) is 6.89. The molecule has 0 bridgehead atoms. The lowest BCUT2D eigenvalue weighted by molar-refractivity contribution is -0.122. The average Bonchev–Trinajstić information content (AvgIpc) is 2.35. The van der Waals surface area contributed by atoms with E-state index in [1.165, 1.54) is 5.56 Å². The van der Waals surface area contributed by atoms with Crippen LogP contribution in [0, 0.1) is 5.41 Å². The summed E-state index contributed by atoms with van der Waals surface area (Å²) in [6.45, 7) is 11.1. The Morgan fingerprint density at radius 3 is 2.20 bits per heavy atom. The van der Waals surface area contributed by atoms with Crippen LogP contribution in [-0.4, -0.2) is 11.9 Å². The predicted octanol–water partition coefficient (Wildman–Crippen LogP) is 3.19. The highest BCUT2D eigenvalue weighted by atomic mass is 16.1. The highest BCUT2D eigenvalue weighted by molar-refractivity contribution is 5.76. The summed E-state index contributed by atoms with van der Waals surface area (Å²) >= 11 is 0. The molecule has 20 heavy (non-hydrogen) atoms. The van der Waals surface area contributed by atoms with Crippen LogP contribution in [0.4, 0.5) is 0 Å². The van der Waals surface area contributed by atoms with Crippen molar-refractivity contribution in [2.24, 2.45) is 11.1 Å². The molecule has 0 saturated heterocycles. The van der Waals surface area contributed by atoms with E-state index >= 15 is 0 Å². The van der Waals surface area contributed by atoms with Gasteiger partial charge in [0.1, 0.15) is 0 Å². The zero-order chi connectivity index (χ0) is 15.3. The number of hydrogen-bond acceptors (Lipinski definition) is 2. The molecule has 0 heterocycles. The van der Waals surface area contributed by atoms with E-state index in [1.54, 1.807) is 0 Å². The fraction of sp³-hybridized carbons (Fsp3) is 0.588. The van der Waals surface area contributed by atoms with Gasteiger partial charge in [0.05, 0.1) is 0 Å². The van der Waals surface area contributed by atoms with Crippen LogP contribution in [0.5, 0.6) is 0 Å². The molecule has 0 aliphatic heterocycles. The second-order valence-electron chi connectivity index (χ2n) is 6.85. The van der Waals surface area contributed by atoms with Crippen LogP contribution in [0.25, 0.3) is 0 Å². The lowest BCUT2D eigenvalue weighted by atomic mass is 9.85. The molecule has 1 amide bonds. The van der Waals surface area contributed by atoms with Gasteiger partial charge in [-0.2, -0.15) is 0 Å². The van der Waals surface area contributed by atoms with E-state index in [4.69, 9.17) is 5.73 Å². The van der Waals surface area contributed by atoms with Gasteiger partial charge in [0, 0.05) is 19.0 Å². The van der Waals surface area contributed by atoms with Crippen molar-refractivity contribution in [1.82, 2.24) is 5.32 Å². The molecular formula is C17H28N2O. The molecule has 1 rings (SSSR count). The van der Waals surface area contributed by atoms with Gasteiger partial charge in [-0.05, 0) is 22.5 Å². The van der Waals surface area contributed by atoms with Gasteiger partial charge in [-0.3, -0.25) is 4.79 Å². The molecule has 0 aliphatic carbocycles. The summed E-state index contributed by atoms with van der Waals surface area (Å²) in [5.74, 6) is 0.545. The summed E-state index contributed by atoms with van der Waals surface area (Å²) in [5.41, 5.74) is 8.40. The Bertz CT molecular complexity index is 429. The quantitative estimate of drug-likeness (QED) is 0.867. The Kier molecular flexibility index (Phi) is 5.75. The minimum atomic E-state index is -0.120. The molecule has 112 valence electrons. The maximum absolute atomic E-state index is 11.9. The highest BCUT2D eigenvalue weighted by Gasteiger charge is 2.22. The van der Waals surface area contributed by atoms with Crippen molar-refractivity contribution in [3.63, 3.8) is 0 Å². The van der Waals surface area contributed by atoms with Crippen molar-refractivity contribution in [3.05, 3.63) is 35.4 Å². The molecule has 0 saturated carbocycles. The number of hydrogen-bond donors (Lipinski definition) is 2. The highest BCUT2D eigenvalue weighted by Crippen LogP contribution is 2.19. The Morgan fingerprint density at radius 1 is 1.20 bits per heavy atom. The van der Waals surface area contributed by atoms with Crippen LogP contribution in [-0.2, 0) is 11.3 Å². The van der Waals surface area contributed by atoms with Crippen LogP contribution in [0.1, 0.15) is 58.1 Å². The van der Waals surface area contributed by atoms with Gasteiger partial charge in [0.2, 0.25) is 5.91 Å². The van der Waals surface area contributed by atoms with E-state index in [9.17, 15) is 4.79 Å². The minimum Gasteiger partial charge on any atom is -0.352 e. The molecule has 0 aromatic heterocycles. The first-order chi connectivity index (χ1) is 9.20. The van der Waals surface area contributed by atoms with Crippen LogP contribution in [0.3, 0.4) is 0 Å². The number of rotatable bonds is 5. The molecule has 1 unspecified atom stereocenters. The van der Waals surface area contributed by atoms with E-state index in [0.29, 0.717) is 18.9 Å². The first-order valence-electron chi connectivity index (χ1n) is 7.31. The Labute approximate surface area is 122 Å². The standard InChI is InChI=1S/C17H28N2O/c1-12(2)14-8-6-13(7-9-14)11-19-16(20)10-15(18)17(3,4)5/h6-9,12,15H,10-11,18H2,1-5H3,(H,19,20). The van der Waals surface area contributed by atoms with Crippen molar-refractivity contribution < 1.29 is 4.79 Å². The molecule has 1 aromatic rings. The van der Waals surface area contributed by atoms with Crippen LogP contribution in [0.2, 0.25) is 0 Å². The molecule has 3 N–H and O–H groups in total. The number of benzene rings is 1. The molecule has 1 atom stereocenters. The Morgan fingerprint density at radius 2 is 1.75 bits per heavy atom. The van der Waals surface area contributed by atoms with Gasteiger partial charge in [0.25, 0.3) is 0 Å². The van der Waals surface area contributed by atoms with Crippen LogP contribution < -0.4 is 11.1 Å². The van der Waals surface area contributed by atoms with E-state index < -0.39 is 0 Å². The number of carbonyl (C=O) groups is 1. The van der Waals surface area contributed by atoms with E-state index in [-0.39, 0.29) is 17.4 Å². The SMILES string of the molecule is CC(C)c1ccc(CNC(=O)CC(N)C(C)(C)C)cc1. The topological polar surface area (TPSA) is 55.1 Å². The first-order valence-corrected chi connectivity index (χ1v) is 7.31. The fourth-order valence-corrected chi connectivity index (χ4v) is 1.80. The van der Waals surface area contributed by atoms with Crippen molar-refractivity contribution >= 4 is 5.91 Å². The molecule has 3 heteroatoms. The van der Waals surface area contributed by atoms with E-state index in [2.05, 4.69) is 64.2 Å². The monoisotopic (exact) mass is 276 g/mol. The third-order valence-electron chi connectivity index (χ3n) is 3.65. The van der Waals surface area contributed by atoms with Crippen molar-refractivity contribution in [2.45, 2.75) is 59.5 Å². The summed E-state index contributed by atoms with van der Waals surface area (Å²) in [6.07, 6.45) is 0.369. The normalized spacial score (nSPS) is 13.3. The lowest BCUT2D eigenvalue weighted by Crippen LogP contribution is -2.40. The lowest BCUT2D eigenvalue weighted by Gasteiger charge is -2.26. The molecule has 0 spiro atoms. The second-order valence-corrected chi connectivity index (χ2v) is 6.85. The maximum Gasteiger partial charge on any atom is 0.221 e. The Balaban J connectivity index is 2.45. The summed E-state index contributed by atoms with van der Waals surface area (Å²) in [5, 5.41) is 2.93. The number of carbonyl (C=O) groups excluding carboxylic acids is 1. The smallest absolute Gasteiger partial charge is 0.221 e. The third kappa shape index (κ3) is 5.33. The summed E-state index contributed by atoms with van der Waals surface area (Å²) in [7, 11) is 0. The van der Waals surface area contributed by atoms with Gasteiger partial charge in [-0.1, -0.05) is 58.9 Å². The van der Waals surface area contributed by atoms with Crippen molar-refractivity contribution in [1.29, 1.82) is 0 Å². The van der Waals surface area contributed by atoms with Crippen molar-refractivity contribution in [2.75, 3.05) is 0 Å². The zero-order valence-electron chi connectivity index (χ0n) is 13.4. The molecule has 0 radical (unpaired) electrons. The fourth-order valence-electron chi connectivity index (χ4n) is 1.80. The third-order valence-corrected chi connectivity index (χ3v) is 3.65. The number of amides is 1. The van der Waals surface area contributed by atoms with Gasteiger partial charge in [0.15, 0.2) is 0 Å². The molecule has 0 fully saturated rings. The Hall–Kier alpha value is -1.35. The van der Waals surface area contributed by atoms with E-state index in [0.717, 1.165) is 5.56 Å². The summed E-state index contributed by atoms with van der Waals surface area (Å²) in [6, 6.07) is 8.25. The summed E-state index contributed by atoms with van der Waals surface area (Å²) < 4.78 is 0. The number of nitrogens with two attached hydrogens (primary N) is 1. The average molecular weight is 276 g/mol. The van der Waals surface area contributed by atoms with Crippen LogP contribution >= 0.6 is 0 Å². The maximum atomic E-state index is 11.9. The molecule has 0 aliphatic rings. The van der Waals surface area contributed by atoms with Gasteiger partial charge in [-0.15, -0.1) is 0 Å². The van der Waals surface area contributed by atoms with Gasteiger partial charge in [-0.25, -0.2) is 0 Å². The summed E-state index contributed by atoms with van der Waals surface area (Å²) in [4.78, 5) is 11.9. The largest absolute Gasteiger partial charge is 0.352 e. The van der Waals surface area contributed by atoms with E-state index in [1.807, 2.05) is 0 Å². The zero-order valence-corrected chi connectivity index (χ0v) is 13.4. The van der Waals surface area contributed by atoms with Gasteiger partial charge < -0.3 is 11.1 Å². The van der Waals surface area contributed by atoms with Crippen molar-refractivity contribution in [3.8, 4) is 0 Å². The molecule has 3 nitrogen and oxygen atoms in total. The first kappa shape index (κ1) is 16.7.